The molecule has 0 bridgehead atoms. The van der Waals surface area contributed by atoms with Gasteiger partial charge in [0.05, 0.1) is 34.6 Å². The maximum absolute atomic E-state index is 13.3. The molecule has 2 aliphatic rings. The third-order valence-corrected chi connectivity index (χ3v) is 8.54. The van der Waals surface area contributed by atoms with Crippen molar-refractivity contribution >= 4 is 55.6 Å². The van der Waals surface area contributed by atoms with Crippen LogP contribution in [0, 0.1) is 6.92 Å². The van der Waals surface area contributed by atoms with Gasteiger partial charge in [-0.3, -0.25) is 9.78 Å². The number of ether oxygens (including phenoxy) is 1. The molecule has 6 rings (SSSR count). The Balaban J connectivity index is 1.31. The number of aryl methyl sites for hydroxylation is 1. The number of nitrogens with one attached hydrogen (secondary N) is 1. The van der Waals surface area contributed by atoms with E-state index in [1.165, 1.54) is 11.3 Å². The SMILES string of the molecule is Cc1cc(-c2ccc(C(=O)Nc3cc4sc(N5CCOCC5)nc4nc3N3CCC(O)C3)s2)ccn1. The lowest BCUT2D eigenvalue weighted by molar-refractivity contribution is 0.103. The highest BCUT2D eigenvalue weighted by Gasteiger charge is 2.26. The second-order valence-corrected chi connectivity index (χ2v) is 11.1. The smallest absolute Gasteiger partial charge is 0.265 e. The molecule has 186 valence electrons. The fourth-order valence-electron chi connectivity index (χ4n) is 4.50. The molecule has 1 amide bonds. The second kappa shape index (κ2) is 9.74. The molecule has 4 aromatic heterocycles. The number of hydrogen-bond donors (Lipinski definition) is 2. The van der Waals surface area contributed by atoms with Crippen LogP contribution >= 0.6 is 22.7 Å². The lowest BCUT2D eigenvalue weighted by Crippen LogP contribution is -2.36. The quantitative estimate of drug-likeness (QED) is 0.408. The molecule has 0 aliphatic carbocycles. The first-order valence-corrected chi connectivity index (χ1v) is 13.6. The normalized spacial score (nSPS) is 18.2. The Labute approximate surface area is 216 Å². The van der Waals surface area contributed by atoms with E-state index in [1.54, 1.807) is 17.5 Å². The van der Waals surface area contributed by atoms with Gasteiger partial charge in [0.1, 0.15) is 0 Å². The van der Waals surface area contributed by atoms with E-state index >= 15 is 0 Å². The van der Waals surface area contributed by atoms with Crippen molar-refractivity contribution in [2.75, 3.05) is 54.5 Å². The predicted molar refractivity (Wildman–Crippen MR) is 144 cm³/mol. The van der Waals surface area contributed by atoms with Crippen LogP contribution in [0.2, 0.25) is 0 Å². The van der Waals surface area contributed by atoms with Crippen LogP contribution in [0.1, 0.15) is 21.8 Å². The second-order valence-electron chi connectivity index (χ2n) is 8.97. The van der Waals surface area contributed by atoms with E-state index in [0.29, 0.717) is 54.8 Å². The van der Waals surface area contributed by atoms with Crippen molar-refractivity contribution in [1.29, 1.82) is 0 Å². The number of amides is 1. The van der Waals surface area contributed by atoms with E-state index in [4.69, 9.17) is 14.7 Å². The number of anilines is 3. The average Bonchev–Trinajstić information content (AvgIpc) is 3.63. The van der Waals surface area contributed by atoms with Crippen molar-refractivity contribution in [3.63, 3.8) is 0 Å². The van der Waals surface area contributed by atoms with Crippen LogP contribution in [0.25, 0.3) is 20.8 Å². The number of rotatable bonds is 5. The highest BCUT2D eigenvalue weighted by atomic mass is 32.1. The van der Waals surface area contributed by atoms with Crippen LogP contribution < -0.4 is 15.1 Å². The molecule has 2 saturated heterocycles. The van der Waals surface area contributed by atoms with Crippen LogP contribution in [0.15, 0.2) is 36.5 Å². The molecule has 0 aromatic carbocycles. The molecular weight excluding hydrogens is 496 g/mol. The highest BCUT2D eigenvalue weighted by Crippen LogP contribution is 2.36. The predicted octanol–water partition coefficient (Wildman–Crippen LogP) is 3.78. The monoisotopic (exact) mass is 522 g/mol. The first kappa shape index (κ1) is 23.3. The van der Waals surface area contributed by atoms with Crippen LogP contribution in [0.5, 0.6) is 0 Å². The zero-order valence-corrected chi connectivity index (χ0v) is 21.4. The van der Waals surface area contributed by atoms with Crippen LogP contribution in [-0.2, 0) is 4.74 Å². The van der Waals surface area contributed by atoms with E-state index in [0.717, 1.165) is 39.1 Å². The fourth-order valence-corrected chi connectivity index (χ4v) is 6.40. The fraction of sp³-hybridized carbons (Fsp3) is 0.360. The summed E-state index contributed by atoms with van der Waals surface area (Å²) in [6.45, 7) is 6.07. The Morgan fingerprint density at radius 3 is 2.75 bits per heavy atom. The van der Waals surface area contributed by atoms with E-state index in [9.17, 15) is 9.90 Å². The number of hydrogen-bond acceptors (Lipinski definition) is 10. The summed E-state index contributed by atoms with van der Waals surface area (Å²) >= 11 is 3.01. The molecule has 2 N–H and O–H groups in total. The molecule has 0 saturated carbocycles. The maximum atomic E-state index is 13.3. The molecule has 0 radical (unpaired) electrons. The van der Waals surface area contributed by atoms with Crippen LogP contribution in [-0.4, -0.2) is 71.5 Å². The van der Waals surface area contributed by atoms with Crippen molar-refractivity contribution in [2.24, 2.45) is 0 Å². The van der Waals surface area contributed by atoms with Gasteiger partial charge < -0.3 is 25.0 Å². The number of fused-ring (bicyclic) bond motifs is 1. The molecule has 2 fully saturated rings. The Bertz CT molecular complexity index is 1410. The number of β-amino-alcohol motifs (C(OH)–C–C–N with tert-alkyl or cyclic N) is 1. The number of carbonyl (C=O) groups is 1. The first-order valence-electron chi connectivity index (χ1n) is 11.9. The van der Waals surface area contributed by atoms with Crippen molar-refractivity contribution in [2.45, 2.75) is 19.4 Å². The van der Waals surface area contributed by atoms with Crippen molar-refractivity contribution in [3.05, 3.63) is 47.1 Å². The first-order chi connectivity index (χ1) is 17.5. The summed E-state index contributed by atoms with van der Waals surface area (Å²) in [7, 11) is 0. The number of nitrogens with zero attached hydrogens (tertiary/aromatic N) is 5. The van der Waals surface area contributed by atoms with E-state index < -0.39 is 6.10 Å². The summed E-state index contributed by atoms with van der Waals surface area (Å²) in [4.78, 5) is 33.1. The number of aromatic nitrogens is 3. The lowest BCUT2D eigenvalue weighted by atomic mass is 10.2. The molecule has 4 aromatic rings. The largest absolute Gasteiger partial charge is 0.391 e. The zero-order valence-electron chi connectivity index (χ0n) is 19.8. The summed E-state index contributed by atoms with van der Waals surface area (Å²) in [5.41, 5.74) is 3.27. The molecule has 1 unspecified atom stereocenters. The van der Waals surface area contributed by atoms with Crippen molar-refractivity contribution in [3.8, 4) is 10.4 Å². The number of morpholine rings is 1. The van der Waals surface area contributed by atoms with Gasteiger partial charge in [-0.25, -0.2) is 4.98 Å². The molecule has 11 heteroatoms. The van der Waals surface area contributed by atoms with Crippen LogP contribution in [0.3, 0.4) is 0 Å². The minimum Gasteiger partial charge on any atom is -0.391 e. The van der Waals surface area contributed by atoms with Gasteiger partial charge in [0, 0.05) is 42.9 Å². The number of thiazole rings is 1. The minimum atomic E-state index is -0.408. The topological polar surface area (TPSA) is 104 Å². The molecule has 2 aliphatic heterocycles. The van der Waals surface area contributed by atoms with Crippen molar-refractivity contribution < 1.29 is 14.6 Å². The summed E-state index contributed by atoms with van der Waals surface area (Å²) < 4.78 is 6.38. The van der Waals surface area contributed by atoms with Crippen LogP contribution in [0.4, 0.5) is 16.6 Å². The number of thiophene rings is 1. The van der Waals surface area contributed by atoms with Gasteiger partial charge in [-0.05, 0) is 49.2 Å². The van der Waals surface area contributed by atoms with E-state index in [1.807, 2.05) is 42.2 Å². The maximum Gasteiger partial charge on any atom is 0.265 e. The van der Waals surface area contributed by atoms with Gasteiger partial charge in [0.15, 0.2) is 16.6 Å². The summed E-state index contributed by atoms with van der Waals surface area (Å²) in [5, 5.41) is 14.1. The lowest BCUT2D eigenvalue weighted by Gasteiger charge is -2.25. The minimum absolute atomic E-state index is 0.183. The molecular formula is C25H26N6O3S2. The Morgan fingerprint density at radius 1 is 1.11 bits per heavy atom. The third-order valence-electron chi connectivity index (χ3n) is 6.35. The Kier molecular flexibility index (Phi) is 6.30. The van der Waals surface area contributed by atoms with Gasteiger partial charge in [-0.1, -0.05) is 11.3 Å². The highest BCUT2D eigenvalue weighted by molar-refractivity contribution is 7.22. The van der Waals surface area contributed by atoms with Gasteiger partial charge in [0.25, 0.3) is 5.91 Å². The molecule has 9 nitrogen and oxygen atoms in total. The van der Waals surface area contributed by atoms with Gasteiger partial charge in [0.2, 0.25) is 0 Å². The Hall–Kier alpha value is -3.12. The number of carbonyl (C=O) groups excluding carboxylic acids is 1. The zero-order chi connectivity index (χ0) is 24.6. The van der Waals surface area contributed by atoms with Gasteiger partial charge >= 0.3 is 0 Å². The molecule has 0 spiro atoms. The van der Waals surface area contributed by atoms with Gasteiger partial charge in [-0.2, -0.15) is 4.98 Å². The molecule has 6 heterocycles. The Morgan fingerprint density at radius 2 is 1.97 bits per heavy atom. The summed E-state index contributed by atoms with van der Waals surface area (Å²) in [6.07, 6.45) is 2.04. The number of pyridine rings is 2. The third kappa shape index (κ3) is 4.66. The standard InChI is InChI=1S/C25H26N6O3S2/c1-15-12-16(4-6-26-15)19-2-3-20(35-19)24(33)27-18-13-21-22(28-23(18)31-7-5-17(32)14-31)29-25(36-21)30-8-10-34-11-9-30/h2-4,6,12-13,17,32H,5,7-11,14H2,1H3,(H,27,33). The summed E-state index contributed by atoms with van der Waals surface area (Å²) in [5.74, 6) is 0.463. The van der Waals surface area contributed by atoms with Crippen molar-refractivity contribution in [1.82, 2.24) is 15.0 Å². The molecule has 1 atom stereocenters. The number of aliphatic hydroxyl groups is 1. The number of aliphatic hydroxyl groups excluding tert-OH is 1. The van der Waals surface area contributed by atoms with E-state index in [2.05, 4.69) is 15.2 Å². The van der Waals surface area contributed by atoms with E-state index in [-0.39, 0.29) is 5.91 Å². The van der Waals surface area contributed by atoms with Gasteiger partial charge in [-0.15, -0.1) is 11.3 Å². The summed E-state index contributed by atoms with van der Waals surface area (Å²) in [6, 6.07) is 9.73. The molecule has 36 heavy (non-hydrogen) atoms. The average molecular weight is 523 g/mol.